The van der Waals surface area contributed by atoms with Gasteiger partial charge in [0.2, 0.25) is 5.91 Å². The summed E-state index contributed by atoms with van der Waals surface area (Å²) in [6, 6.07) is 17.9. The van der Waals surface area contributed by atoms with Crippen molar-refractivity contribution >= 4 is 5.91 Å². The van der Waals surface area contributed by atoms with Gasteiger partial charge in [0, 0.05) is 24.6 Å². The van der Waals surface area contributed by atoms with Crippen LogP contribution >= 0.6 is 0 Å². The van der Waals surface area contributed by atoms with Crippen molar-refractivity contribution in [3.05, 3.63) is 65.7 Å². The minimum Gasteiger partial charge on any atom is -0.496 e. The molecule has 3 rings (SSSR count). The lowest BCUT2D eigenvalue weighted by atomic mass is 9.89. The van der Waals surface area contributed by atoms with E-state index < -0.39 is 0 Å². The molecule has 2 aromatic rings. The van der Waals surface area contributed by atoms with Crippen LogP contribution in [0.2, 0.25) is 0 Å². The molecule has 0 bridgehead atoms. The van der Waals surface area contributed by atoms with E-state index in [1.54, 1.807) is 7.11 Å². The molecule has 150 valence electrons. The number of benzene rings is 2. The zero-order valence-corrected chi connectivity index (χ0v) is 17.0. The molecule has 2 unspecified atom stereocenters. The predicted octanol–water partition coefficient (Wildman–Crippen LogP) is 2.94. The number of ether oxygens (including phenoxy) is 1. The number of para-hydroxylation sites is 1. The predicted molar refractivity (Wildman–Crippen MR) is 112 cm³/mol. The zero-order chi connectivity index (χ0) is 20.1. The van der Waals surface area contributed by atoms with Gasteiger partial charge in [0.05, 0.1) is 19.2 Å². The molecule has 0 aliphatic carbocycles. The second kappa shape index (κ2) is 9.22. The number of nitrogens with two attached hydrogens (primary N) is 1. The Bertz CT molecular complexity index is 780. The van der Waals surface area contributed by atoms with Gasteiger partial charge in [0.25, 0.3) is 0 Å². The number of hydrogen-bond acceptors (Lipinski definition) is 4. The van der Waals surface area contributed by atoms with Gasteiger partial charge in [0.15, 0.2) is 0 Å². The first-order chi connectivity index (χ1) is 13.5. The lowest BCUT2D eigenvalue weighted by Crippen LogP contribution is -2.45. The maximum atomic E-state index is 12.9. The van der Waals surface area contributed by atoms with Crippen LogP contribution in [0.5, 0.6) is 5.75 Å². The topological polar surface area (TPSA) is 67.6 Å². The van der Waals surface area contributed by atoms with E-state index in [1.165, 1.54) is 5.56 Å². The SMILES string of the molecule is COc1ccccc1C(C)NC(=O)C(C)N1C[C@@H](CN)[C@H](c2ccccc2)C1. The largest absolute Gasteiger partial charge is 0.496 e. The van der Waals surface area contributed by atoms with Crippen molar-refractivity contribution in [3.8, 4) is 5.75 Å². The number of carbonyl (C=O) groups is 1. The average Bonchev–Trinajstić information content (AvgIpc) is 3.18. The quantitative estimate of drug-likeness (QED) is 0.774. The molecule has 1 aliphatic heterocycles. The summed E-state index contributed by atoms with van der Waals surface area (Å²) in [5, 5.41) is 3.14. The Labute approximate surface area is 167 Å². The summed E-state index contributed by atoms with van der Waals surface area (Å²) in [5.74, 6) is 1.55. The van der Waals surface area contributed by atoms with E-state index in [-0.39, 0.29) is 18.0 Å². The fraction of sp³-hybridized carbons (Fsp3) is 0.435. The van der Waals surface area contributed by atoms with Gasteiger partial charge >= 0.3 is 0 Å². The van der Waals surface area contributed by atoms with Crippen molar-refractivity contribution < 1.29 is 9.53 Å². The maximum absolute atomic E-state index is 12.9. The van der Waals surface area contributed by atoms with E-state index in [1.807, 2.05) is 44.2 Å². The third-order valence-electron chi connectivity index (χ3n) is 5.89. The van der Waals surface area contributed by atoms with Crippen molar-refractivity contribution in [1.29, 1.82) is 0 Å². The minimum atomic E-state index is -0.208. The van der Waals surface area contributed by atoms with Crippen LogP contribution in [0, 0.1) is 5.92 Å². The van der Waals surface area contributed by atoms with Crippen LogP contribution in [0.3, 0.4) is 0 Å². The highest BCUT2D eigenvalue weighted by Crippen LogP contribution is 2.33. The Morgan fingerprint density at radius 2 is 1.82 bits per heavy atom. The van der Waals surface area contributed by atoms with Gasteiger partial charge in [0.1, 0.15) is 5.75 Å². The molecule has 1 saturated heterocycles. The summed E-state index contributed by atoms with van der Waals surface area (Å²) in [7, 11) is 1.65. The summed E-state index contributed by atoms with van der Waals surface area (Å²) < 4.78 is 5.42. The molecule has 0 aromatic heterocycles. The van der Waals surface area contributed by atoms with Crippen LogP contribution in [-0.4, -0.2) is 43.6 Å². The number of methoxy groups -OCH3 is 1. The Kier molecular flexibility index (Phi) is 6.70. The van der Waals surface area contributed by atoms with Crippen molar-refractivity contribution in [2.24, 2.45) is 11.7 Å². The lowest BCUT2D eigenvalue weighted by Gasteiger charge is -2.26. The summed E-state index contributed by atoms with van der Waals surface area (Å²) >= 11 is 0. The third-order valence-corrected chi connectivity index (χ3v) is 5.89. The molecule has 4 atom stereocenters. The van der Waals surface area contributed by atoms with Crippen molar-refractivity contribution in [1.82, 2.24) is 10.2 Å². The second-order valence-corrected chi connectivity index (χ2v) is 7.62. The van der Waals surface area contributed by atoms with Gasteiger partial charge in [-0.3, -0.25) is 9.69 Å². The van der Waals surface area contributed by atoms with Crippen molar-refractivity contribution in [2.75, 3.05) is 26.7 Å². The molecule has 28 heavy (non-hydrogen) atoms. The van der Waals surface area contributed by atoms with E-state index >= 15 is 0 Å². The maximum Gasteiger partial charge on any atom is 0.237 e. The molecule has 1 aliphatic rings. The van der Waals surface area contributed by atoms with E-state index in [0.29, 0.717) is 18.4 Å². The number of nitrogens with one attached hydrogen (secondary N) is 1. The molecule has 5 nitrogen and oxygen atoms in total. The Balaban J connectivity index is 1.66. The van der Waals surface area contributed by atoms with Gasteiger partial charge in [-0.25, -0.2) is 0 Å². The Hall–Kier alpha value is -2.37. The summed E-state index contributed by atoms with van der Waals surface area (Å²) in [6.45, 7) is 6.28. The van der Waals surface area contributed by atoms with E-state index in [2.05, 4.69) is 34.5 Å². The molecule has 1 amide bonds. The van der Waals surface area contributed by atoms with Gasteiger partial charge in [-0.2, -0.15) is 0 Å². The smallest absolute Gasteiger partial charge is 0.237 e. The van der Waals surface area contributed by atoms with E-state index in [4.69, 9.17) is 10.5 Å². The van der Waals surface area contributed by atoms with Crippen molar-refractivity contribution in [3.63, 3.8) is 0 Å². The van der Waals surface area contributed by atoms with Crippen LogP contribution in [0.4, 0.5) is 0 Å². The van der Waals surface area contributed by atoms with Crippen LogP contribution in [0.25, 0.3) is 0 Å². The molecule has 1 fully saturated rings. The highest BCUT2D eigenvalue weighted by atomic mass is 16.5. The second-order valence-electron chi connectivity index (χ2n) is 7.62. The van der Waals surface area contributed by atoms with Crippen LogP contribution in [0.1, 0.15) is 36.9 Å². The summed E-state index contributed by atoms with van der Waals surface area (Å²) in [6.07, 6.45) is 0. The number of likely N-dealkylation sites (tertiary alicyclic amines) is 1. The molecular formula is C23H31N3O2. The first-order valence-corrected chi connectivity index (χ1v) is 9.97. The molecule has 0 radical (unpaired) electrons. The van der Waals surface area contributed by atoms with Crippen LogP contribution in [0.15, 0.2) is 54.6 Å². The average molecular weight is 382 g/mol. The van der Waals surface area contributed by atoms with Gasteiger partial charge in [-0.05, 0) is 37.9 Å². The van der Waals surface area contributed by atoms with E-state index in [0.717, 1.165) is 24.4 Å². The first kappa shape index (κ1) is 20.4. The fourth-order valence-electron chi connectivity index (χ4n) is 4.14. The number of hydrogen-bond donors (Lipinski definition) is 2. The summed E-state index contributed by atoms with van der Waals surface area (Å²) in [4.78, 5) is 15.2. The molecule has 2 aromatic carbocycles. The molecular weight excluding hydrogens is 350 g/mol. The van der Waals surface area contributed by atoms with Crippen LogP contribution in [-0.2, 0) is 4.79 Å². The van der Waals surface area contributed by atoms with Crippen molar-refractivity contribution in [2.45, 2.75) is 31.8 Å². The third kappa shape index (κ3) is 4.37. The minimum absolute atomic E-state index is 0.0305. The Morgan fingerprint density at radius 1 is 1.14 bits per heavy atom. The first-order valence-electron chi connectivity index (χ1n) is 9.97. The number of nitrogens with zero attached hydrogens (tertiary/aromatic N) is 1. The molecule has 1 heterocycles. The highest BCUT2D eigenvalue weighted by molar-refractivity contribution is 5.81. The molecule has 3 N–H and O–H groups in total. The fourth-order valence-corrected chi connectivity index (χ4v) is 4.14. The standard InChI is InChI=1S/C23H31N3O2/c1-16(20-11-7-8-12-22(20)28-3)25-23(27)17(2)26-14-19(13-24)21(15-26)18-9-5-4-6-10-18/h4-12,16-17,19,21H,13-15,24H2,1-3H3,(H,25,27)/t16?,17?,19-,21+/m1/s1. The monoisotopic (exact) mass is 381 g/mol. The molecule has 0 saturated carbocycles. The van der Waals surface area contributed by atoms with Crippen LogP contribution < -0.4 is 15.8 Å². The zero-order valence-electron chi connectivity index (χ0n) is 17.0. The highest BCUT2D eigenvalue weighted by Gasteiger charge is 2.37. The molecule has 0 spiro atoms. The number of amides is 1. The van der Waals surface area contributed by atoms with Gasteiger partial charge < -0.3 is 15.8 Å². The van der Waals surface area contributed by atoms with E-state index in [9.17, 15) is 4.79 Å². The Morgan fingerprint density at radius 3 is 2.50 bits per heavy atom. The normalized spacial score (nSPS) is 21.9. The van der Waals surface area contributed by atoms with Gasteiger partial charge in [-0.15, -0.1) is 0 Å². The summed E-state index contributed by atoms with van der Waals surface area (Å²) in [5.41, 5.74) is 8.33. The lowest BCUT2D eigenvalue weighted by molar-refractivity contribution is -0.126. The number of rotatable bonds is 7. The van der Waals surface area contributed by atoms with Gasteiger partial charge in [-0.1, -0.05) is 48.5 Å². The number of carbonyl (C=O) groups excluding carboxylic acids is 1. The molecule has 5 heteroatoms.